The van der Waals surface area contributed by atoms with Gasteiger partial charge in [-0.2, -0.15) is 0 Å². The summed E-state index contributed by atoms with van der Waals surface area (Å²) < 4.78 is 16.5. The second-order valence-corrected chi connectivity index (χ2v) is 6.06. The highest BCUT2D eigenvalue weighted by Gasteiger charge is 2.44. The van der Waals surface area contributed by atoms with Gasteiger partial charge in [0.05, 0.1) is 6.61 Å². The van der Waals surface area contributed by atoms with E-state index in [4.69, 9.17) is 14.2 Å². The Kier molecular flexibility index (Phi) is 6.08. The zero-order chi connectivity index (χ0) is 18.5. The molecule has 2 aromatic rings. The molecule has 0 amide bonds. The molecule has 3 rings (SSSR count). The summed E-state index contributed by atoms with van der Waals surface area (Å²) >= 11 is 0. The number of hydrogen-bond acceptors (Lipinski definition) is 7. The fourth-order valence-corrected chi connectivity index (χ4v) is 2.65. The van der Waals surface area contributed by atoms with Crippen LogP contribution in [0.2, 0.25) is 0 Å². The topological polar surface area (TPSA) is 109 Å². The van der Waals surface area contributed by atoms with E-state index in [-0.39, 0.29) is 0 Å². The maximum Gasteiger partial charge on any atom is 0.229 e. The van der Waals surface area contributed by atoms with Crippen LogP contribution >= 0.6 is 0 Å². The van der Waals surface area contributed by atoms with Crippen molar-refractivity contribution in [3.8, 4) is 11.5 Å². The number of aliphatic hydroxyl groups is 4. The molecule has 7 heteroatoms. The molecule has 7 nitrogen and oxygen atoms in total. The fourth-order valence-electron chi connectivity index (χ4n) is 2.65. The van der Waals surface area contributed by atoms with Crippen molar-refractivity contribution >= 4 is 0 Å². The lowest BCUT2D eigenvalue weighted by molar-refractivity contribution is -0.277. The summed E-state index contributed by atoms with van der Waals surface area (Å²) in [7, 11) is 0. The first-order valence-corrected chi connectivity index (χ1v) is 8.32. The molecular weight excluding hydrogens is 340 g/mol. The minimum Gasteiger partial charge on any atom is -0.489 e. The van der Waals surface area contributed by atoms with Gasteiger partial charge in [0.25, 0.3) is 0 Å². The Morgan fingerprint density at radius 1 is 0.808 bits per heavy atom. The standard InChI is InChI=1S/C19H22O7/c20-10-15-16(21)17(22)18(23)19(26-15)25-14-8-6-13(7-9-14)24-11-12-4-2-1-3-5-12/h1-9,15-23H,10-11H2/t15-,16-,17+,18-,19-/m1/s1. The smallest absolute Gasteiger partial charge is 0.229 e. The van der Waals surface area contributed by atoms with E-state index in [9.17, 15) is 20.4 Å². The first-order valence-electron chi connectivity index (χ1n) is 8.32. The third-order valence-corrected chi connectivity index (χ3v) is 4.17. The van der Waals surface area contributed by atoms with Crippen LogP contribution in [0.3, 0.4) is 0 Å². The molecule has 0 spiro atoms. The van der Waals surface area contributed by atoms with Crippen molar-refractivity contribution in [1.29, 1.82) is 0 Å². The first-order chi connectivity index (χ1) is 12.6. The Labute approximate surface area is 151 Å². The van der Waals surface area contributed by atoms with E-state index in [0.717, 1.165) is 5.56 Å². The van der Waals surface area contributed by atoms with Crippen LogP contribution < -0.4 is 9.47 Å². The van der Waals surface area contributed by atoms with Gasteiger partial charge in [0.1, 0.15) is 42.5 Å². The molecule has 1 saturated heterocycles. The number of hydrogen-bond donors (Lipinski definition) is 4. The molecule has 2 aromatic carbocycles. The first kappa shape index (κ1) is 18.6. The van der Waals surface area contributed by atoms with Gasteiger partial charge in [-0.3, -0.25) is 0 Å². The predicted molar refractivity (Wildman–Crippen MR) is 91.6 cm³/mol. The number of aliphatic hydroxyl groups excluding tert-OH is 4. The quantitative estimate of drug-likeness (QED) is 0.591. The SMILES string of the molecule is OC[C@H]1O[C@@H](Oc2ccc(OCc3ccccc3)cc2)[C@H](O)[C@@H](O)[C@@H]1O. The van der Waals surface area contributed by atoms with Gasteiger partial charge in [-0.1, -0.05) is 30.3 Å². The summed E-state index contributed by atoms with van der Waals surface area (Å²) in [5, 5.41) is 38.7. The van der Waals surface area contributed by atoms with Gasteiger partial charge in [-0.05, 0) is 29.8 Å². The van der Waals surface area contributed by atoms with Gasteiger partial charge < -0.3 is 34.6 Å². The maximum atomic E-state index is 9.98. The molecule has 0 radical (unpaired) electrons. The highest BCUT2D eigenvalue weighted by atomic mass is 16.7. The zero-order valence-corrected chi connectivity index (χ0v) is 14.0. The summed E-state index contributed by atoms with van der Waals surface area (Å²) in [4.78, 5) is 0. The lowest BCUT2D eigenvalue weighted by Gasteiger charge is -2.39. The number of ether oxygens (including phenoxy) is 3. The van der Waals surface area contributed by atoms with Crippen molar-refractivity contribution in [1.82, 2.24) is 0 Å². The third-order valence-electron chi connectivity index (χ3n) is 4.17. The molecule has 26 heavy (non-hydrogen) atoms. The van der Waals surface area contributed by atoms with Crippen molar-refractivity contribution in [2.45, 2.75) is 37.3 Å². The van der Waals surface area contributed by atoms with E-state index in [1.165, 1.54) is 0 Å². The molecule has 0 aromatic heterocycles. The van der Waals surface area contributed by atoms with E-state index in [2.05, 4.69) is 0 Å². The zero-order valence-electron chi connectivity index (χ0n) is 14.0. The van der Waals surface area contributed by atoms with Crippen molar-refractivity contribution < 1.29 is 34.6 Å². The van der Waals surface area contributed by atoms with E-state index >= 15 is 0 Å². The van der Waals surface area contributed by atoms with Crippen LogP contribution in [0.15, 0.2) is 54.6 Å². The lowest BCUT2D eigenvalue weighted by atomic mass is 9.99. The van der Waals surface area contributed by atoms with Crippen LogP contribution in [-0.2, 0) is 11.3 Å². The molecule has 1 fully saturated rings. The Bertz CT molecular complexity index is 674. The van der Waals surface area contributed by atoms with E-state index in [0.29, 0.717) is 18.1 Å². The lowest BCUT2D eigenvalue weighted by Crippen LogP contribution is -2.60. The summed E-state index contributed by atoms with van der Waals surface area (Å²) in [5.41, 5.74) is 1.05. The minimum absolute atomic E-state index is 0.390. The Hall–Kier alpha value is -2.16. The van der Waals surface area contributed by atoms with E-state index < -0.39 is 37.3 Å². The Morgan fingerprint density at radius 2 is 1.46 bits per heavy atom. The molecule has 1 aliphatic rings. The van der Waals surface area contributed by atoms with Crippen LogP contribution in [0.1, 0.15) is 5.56 Å². The third kappa shape index (κ3) is 4.32. The summed E-state index contributed by atoms with van der Waals surface area (Å²) in [6.07, 6.45) is -6.54. The Morgan fingerprint density at radius 3 is 2.12 bits per heavy atom. The van der Waals surface area contributed by atoms with Crippen LogP contribution in [0.5, 0.6) is 11.5 Å². The van der Waals surface area contributed by atoms with E-state index in [1.807, 2.05) is 30.3 Å². The highest BCUT2D eigenvalue weighted by molar-refractivity contribution is 5.31. The number of benzene rings is 2. The second-order valence-electron chi connectivity index (χ2n) is 6.06. The second kappa shape index (κ2) is 8.48. The van der Waals surface area contributed by atoms with Crippen LogP contribution in [-0.4, -0.2) is 57.7 Å². The van der Waals surface area contributed by atoms with E-state index in [1.54, 1.807) is 24.3 Å². The largest absolute Gasteiger partial charge is 0.489 e. The monoisotopic (exact) mass is 362 g/mol. The average molecular weight is 362 g/mol. The van der Waals surface area contributed by atoms with Crippen molar-refractivity contribution in [3.63, 3.8) is 0 Å². The van der Waals surface area contributed by atoms with Crippen molar-refractivity contribution in [3.05, 3.63) is 60.2 Å². The van der Waals surface area contributed by atoms with Crippen LogP contribution in [0.25, 0.3) is 0 Å². The fraction of sp³-hybridized carbons (Fsp3) is 0.368. The Balaban J connectivity index is 1.58. The number of rotatable bonds is 6. The van der Waals surface area contributed by atoms with Gasteiger partial charge in [0.15, 0.2) is 0 Å². The molecule has 0 saturated carbocycles. The molecule has 140 valence electrons. The van der Waals surface area contributed by atoms with Gasteiger partial charge in [-0.15, -0.1) is 0 Å². The summed E-state index contributed by atoms with van der Waals surface area (Å²) in [6, 6.07) is 16.5. The molecule has 0 aliphatic carbocycles. The molecule has 5 atom stereocenters. The van der Waals surface area contributed by atoms with Gasteiger partial charge in [-0.25, -0.2) is 0 Å². The van der Waals surface area contributed by atoms with Crippen LogP contribution in [0, 0.1) is 0 Å². The minimum atomic E-state index is -1.47. The molecule has 0 bridgehead atoms. The predicted octanol–water partition coefficient (Wildman–Crippen LogP) is 0.444. The highest BCUT2D eigenvalue weighted by Crippen LogP contribution is 2.25. The molecule has 1 aliphatic heterocycles. The summed E-state index contributed by atoms with van der Waals surface area (Å²) in [5.74, 6) is 1.04. The van der Waals surface area contributed by atoms with Crippen molar-refractivity contribution in [2.24, 2.45) is 0 Å². The summed E-state index contributed by atoms with van der Waals surface area (Å²) in [6.45, 7) is -0.0647. The molecular formula is C19H22O7. The molecule has 1 heterocycles. The molecule has 4 N–H and O–H groups in total. The van der Waals surface area contributed by atoms with Crippen molar-refractivity contribution in [2.75, 3.05) is 6.61 Å². The average Bonchev–Trinajstić information content (AvgIpc) is 2.68. The normalized spacial score (nSPS) is 28.5. The van der Waals surface area contributed by atoms with Crippen LogP contribution in [0.4, 0.5) is 0 Å². The van der Waals surface area contributed by atoms with Gasteiger partial charge >= 0.3 is 0 Å². The van der Waals surface area contributed by atoms with Gasteiger partial charge in [0.2, 0.25) is 6.29 Å². The molecule has 0 unspecified atom stereocenters. The maximum absolute atomic E-state index is 9.98. The van der Waals surface area contributed by atoms with Gasteiger partial charge in [0, 0.05) is 0 Å².